The molecule has 0 bridgehead atoms. The molecule has 4 rings (SSSR count). The normalized spacial score (nSPS) is 23.4. The summed E-state index contributed by atoms with van der Waals surface area (Å²) in [7, 11) is -1.83. The zero-order valence-electron chi connectivity index (χ0n) is 18.4. The van der Waals surface area contributed by atoms with Gasteiger partial charge in [0.05, 0.1) is 6.04 Å². The number of aryl methyl sites for hydroxylation is 1. The second-order valence-electron chi connectivity index (χ2n) is 8.84. The molecule has 8 heteroatoms. The van der Waals surface area contributed by atoms with Crippen LogP contribution >= 0.6 is 0 Å². The highest BCUT2D eigenvalue weighted by atomic mass is 32.2. The Labute approximate surface area is 184 Å². The van der Waals surface area contributed by atoms with Crippen LogP contribution in [0.5, 0.6) is 5.75 Å². The van der Waals surface area contributed by atoms with Crippen LogP contribution in [0.1, 0.15) is 43.6 Å². The first kappa shape index (κ1) is 21.9. The summed E-state index contributed by atoms with van der Waals surface area (Å²) < 4.78 is 37.0. The third-order valence-electron chi connectivity index (χ3n) is 6.27. The van der Waals surface area contributed by atoms with E-state index in [4.69, 9.17) is 4.74 Å². The second-order valence-corrected chi connectivity index (χ2v) is 10.7. The second kappa shape index (κ2) is 8.67. The Morgan fingerprint density at radius 1 is 1.13 bits per heavy atom. The monoisotopic (exact) mass is 445 g/mol. The zero-order valence-corrected chi connectivity index (χ0v) is 19.2. The number of benzene rings is 1. The van der Waals surface area contributed by atoms with Gasteiger partial charge in [-0.1, -0.05) is 26.0 Å². The van der Waals surface area contributed by atoms with Gasteiger partial charge >= 0.3 is 0 Å². The Morgan fingerprint density at radius 3 is 2.58 bits per heavy atom. The van der Waals surface area contributed by atoms with Crippen LogP contribution in [0, 0.1) is 5.92 Å². The number of likely N-dealkylation sites (tertiary alicyclic amines) is 1. The van der Waals surface area contributed by atoms with Crippen molar-refractivity contribution in [3.05, 3.63) is 48.3 Å². The Kier molecular flexibility index (Phi) is 6.12. The van der Waals surface area contributed by atoms with E-state index in [0.29, 0.717) is 49.8 Å². The van der Waals surface area contributed by atoms with Crippen molar-refractivity contribution in [2.24, 2.45) is 13.0 Å². The third-order valence-corrected chi connectivity index (χ3v) is 8.23. The largest absolute Gasteiger partial charge is 0.487 e. The number of hydrogen-bond donors (Lipinski definition) is 0. The van der Waals surface area contributed by atoms with Gasteiger partial charge < -0.3 is 14.2 Å². The van der Waals surface area contributed by atoms with Gasteiger partial charge in [-0.2, -0.15) is 4.31 Å². The Bertz CT molecular complexity index is 1050. The summed E-state index contributed by atoms with van der Waals surface area (Å²) >= 11 is 0. The predicted octanol–water partition coefficient (Wildman–Crippen LogP) is 3.13. The summed E-state index contributed by atoms with van der Waals surface area (Å²) in [6.07, 6.45) is 3.47. The van der Waals surface area contributed by atoms with Crippen LogP contribution in [-0.2, 0) is 17.1 Å². The van der Waals surface area contributed by atoms with Gasteiger partial charge in [0.1, 0.15) is 22.4 Å². The molecule has 0 aliphatic carbocycles. The molecule has 1 aromatic carbocycles. The lowest BCUT2D eigenvalue weighted by atomic mass is 10.0. The number of sulfonamides is 1. The number of carbonyl (C=O) groups is 1. The Hall–Kier alpha value is -2.32. The SMILES string of the molecule is CC(C)CCN1[C@@H]2CCN(C(=O)c3cccn3C)CC[C@@H]2Oc2ccccc2S1(=O)=O. The summed E-state index contributed by atoms with van der Waals surface area (Å²) in [6, 6.07) is 10.3. The van der Waals surface area contributed by atoms with E-state index in [2.05, 4.69) is 13.8 Å². The summed E-state index contributed by atoms with van der Waals surface area (Å²) in [4.78, 5) is 15.1. The quantitative estimate of drug-likeness (QED) is 0.725. The molecule has 0 saturated carbocycles. The minimum absolute atomic E-state index is 0.0269. The number of amides is 1. The standard InChI is InChI=1S/C23H31N3O4S/c1-17(2)10-16-26-18-11-14-25(23(27)19-7-6-13-24(19)3)15-12-20(18)30-21-8-4-5-9-22(21)31(26,28)29/h4-9,13,17-18,20H,10-12,14-16H2,1-3H3/t18-,20+/m1/s1. The van der Waals surface area contributed by atoms with E-state index in [-0.39, 0.29) is 22.9 Å². The van der Waals surface area contributed by atoms with E-state index in [1.807, 2.05) is 34.8 Å². The van der Waals surface area contributed by atoms with Crippen molar-refractivity contribution >= 4 is 15.9 Å². The maximum Gasteiger partial charge on any atom is 0.270 e. The van der Waals surface area contributed by atoms with E-state index in [0.717, 1.165) is 6.42 Å². The van der Waals surface area contributed by atoms with Crippen molar-refractivity contribution in [1.82, 2.24) is 13.8 Å². The molecule has 0 spiro atoms. The van der Waals surface area contributed by atoms with Gasteiger partial charge in [0.25, 0.3) is 5.91 Å². The summed E-state index contributed by atoms with van der Waals surface area (Å²) in [5.41, 5.74) is 0.637. The first-order chi connectivity index (χ1) is 14.8. The molecule has 3 heterocycles. The average molecular weight is 446 g/mol. The van der Waals surface area contributed by atoms with Gasteiger partial charge in [-0.25, -0.2) is 8.42 Å². The van der Waals surface area contributed by atoms with Crippen LogP contribution in [0.3, 0.4) is 0 Å². The van der Waals surface area contributed by atoms with Crippen LogP contribution in [-0.4, -0.2) is 59.9 Å². The van der Waals surface area contributed by atoms with Crippen LogP contribution < -0.4 is 4.74 Å². The lowest BCUT2D eigenvalue weighted by Gasteiger charge is -2.32. The van der Waals surface area contributed by atoms with Crippen molar-refractivity contribution in [2.45, 2.75) is 50.2 Å². The molecule has 7 nitrogen and oxygen atoms in total. The van der Waals surface area contributed by atoms with Crippen molar-refractivity contribution in [1.29, 1.82) is 0 Å². The fraction of sp³-hybridized carbons (Fsp3) is 0.522. The lowest BCUT2D eigenvalue weighted by Crippen LogP contribution is -2.47. The summed E-state index contributed by atoms with van der Waals surface area (Å²) in [6.45, 7) is 5.67. The van der Waals surface area contributed by atoms with Crippen molar-refractivity contribution < 1.29 is 17.9 Å². The molecule has 2 atom stereocenters. The number of hydrogen-bond acceptors (Lipinski definition) is 4. The molecule has 0 N–H and O–H groups in total. The number of para-hydroxylation sites is 1. The summed E-state index contributed by atoms with van der Waals surface area (Å²) in [5.74, 6) is 0.766. The van der Waals surface area contributed by atoms with E-state index in [1.165, 1.54) is 0 Å². The van der Waals surface area contributed by atoms with Crippen molar-refractivity contribution in [3.63, 3.8) is 0 Å². The molecule has 0 radical (unpaired) electrons. The fourth-order valence-corrected chi connectivity index (χ4v) is 6.29. The van der Waals surface area contributed by atoms with E-state index < -0.39 is 10.0 Å². The van der Waals surface area contributed by atoms with Crippen LogP contribution in [0.2, 0.25) is 0 Å². The zero-order chi connectivity index (χ0) is 22.2. The predicted molar refractivity (Wildman–Crippen MR) is 119 cm³/mol. The van der Waals surface area contributed by atoms with Crippen LogP contribution in [0.15, 0.2) is 47.5 Å². The van der Waals surface area contributed by atoms with Crippen LogP contribution in [0.25, 0.3) is 0 Å². The van der Waals surface area contributed by atoms with Gasteiger partial charge in [0.2, 0.25) is 10.0 Å². The molecule has 2 aromatic rings. The van der Waals surface area contributed by atoms with E-state index >= 15 is 0 Å². The fourth-order valence-electron chi connectivity index (χ4n) is 4.48. The van der Waals surface area contributed by atoms with Gasteiger partial charge in [-0.15, -0.1) is 0 Å². The molecular weight excluding hydrogens is 414 g/mol. The van der Waals surface area contributed by atoms with Gasteiger partial charge in [-0.3, -0.25) is 4.79 Å². The Balaban J connectivity index is 1.66. The molecule has 1 aromatic heterocycles. The molecule has 168 valence electrons. The molecular formula is C23H31N3O4S. The van der Waals surface area contributed by atoms with E-state index in [1.54, 1.807) is 28.6 Å². The minimum Gasteiger partial charge on any atom is -0.487 e. The van der Waals surface area contributed by atoms with Crippen molar-refractivity contribution in [2.75, 3.05) is 19.6 Å². The third kappa shape index (κ3) is 4.23. The van der Waals surface area contributed by atoms with Gasteiger partial charge in [0.15, 0.2) is 0 Å². The highest BCUT2D eigenvalue weighted by Crippen LogP contribution is 2.36. The first-order valence-corrected chi connectivity index (χ1v) is 12.4. The highest BCUT2D eigenvalue weighted by Gasteiger charge is 2.43. The van der Waals surface area contributed by atoms with Crippen LogP contribution in [0.4, 0.5) is 0 Å². The maximum atomic E-state index is 13.6. The number of fused-ring (bicyclic) bond motifs is 2. The molecule has 1 amide bonds. The topological polar surface area (TPSA) is 71.8 Å². The lowest BCUT2D eigenvalue weighted by molar-refractivity contribution is 0.0745. The smallest absolute Gasteiger partial charge is 0.270 e. The number of nitrogens with zero attached hydrogens (tertiary/aromatic N) is 3. The van der Waals surface area contributed by atoms with Gasteiger partial charge in [-0.05, 0) is 43.0 Å². The molecule has 2 aliphatic heterocycles. The number of aromatic nitrogens is 1. The molecule has 2 aliphatic rings. The number of rotatable bonds is 4. The molecule has 1 saturated heterocycles. The molecule has 1 fully saturated rings. The average Bonchev–Trinajstić information content (AvgIpc) is 3.01. The number of ether oxygens (including phenoxy) is 1. The van der Waals surface area contributed by atoms with Crippen molar-refractivity contribution in [3.8, 4) is 5.75 Å². The highest BCUT2D eigenvalue weighted by molar-refractivity contribution is 7.89. The minimum atomic E-state index is -3.69. The molecule has 31 heavy (non-hydrogen) atoms. The van der Waals surface area contributed by atoms with Gasteiger partial charge in [0, 0.05) is 39.3 Å². The number of carbonyl (C=O) groups excluding carboxylic acids is 1. The maximum absolute atomic E-state index is 13.6. The first-order valence-electron chi connectivity index (χ1n) is 11.0. The summed E-state index contributed by atoms with van der Waals surface area (Å²) in [5, 5.41) is 0. The Morgan fingerprint density at radius 2 is 1.87 bits per heavy atom. The molecule has 0 unspecified atom stereocenters. The van der Waals surface area contributed by atoms with E-state index in [9.17, 15) is 13.2 Å².